The molecule has 9 heteroatoms. The van der Waals surface area contributed by atoms with E-state index in [0.717, 1.165) is 17.0 Å². The van der Waals surface area contributed by atoms with Crippen LogP contribution in [0.2, 0.25) is 0 Å². The molecule has 4 aromatic rings. The third-order valence-electron chi connectivity index (χ3n) is 5.54. The SMILES string of the molecule is Cc1nc2n(C)c3ncn(Cc4ccccc4)c3c(=O)n2c1C1C=CN(C(=O)Cl)C=C1. The summed E-state index contributed by atoms with van der Waals surface area (Å²) >= 11 is 5.54. The van der Waals surface area contributed by atoms with Crippen molar-refractivity contribution in [3.05, 3.63) is 88.5 Å². The summed E-state index contributed by atoms with van der Waals surface area (Å²) in [5.74, 6) is 0.297. The number of aryl methyl sites for hydroxylation is 2. The maximum absolute atomic E-state index is 13.7. The molecule has 8 nitrogen and oxygen atoms in total. The molecule has 0 N–H and O–H groups in total. The number of hydrogen-bond donors (Lipinski definition) is 0. The summed E-state index contributed by atoms with van der Waals surface area (Å²) in [7, 11) is 1.85. The lowest BCUT2D eigenvalue weighted by atomic mass is 10.0. The van der Waals surface area contributed by atoms with E-state index in [1.54, 1.807) is 23.1 Å². The number of nitrogens with zero attached hydrogens (tertiary/aromatic N) is 6. The Balaban J connectivity index is 1.70. The molecule has 1 amide bonds. The fourth-order valence-corrected chi connectivity index (χ4v) is 4.18. The van der Waals surface area contributed by atoms with E-state index in [2.05, 4.69) is 9.97 Å². The summed E-state index contributed by atoms with van der Waals surface area (Å²) in [5.41, 5.74) is 3.48. The number of carbonyl (C=O) groups excluding carboxylic acids is 1. The Labute approximate surface area is 182 Å². The van der Waals surface area contributed by atoms with E-state index < -0.39 is 5.37 Å². The first-order chi connectivity index (χ1) is 15.0. The second kappa shape index (κ2) is 7.24. The molecule has 0 radical (unpaired) electrons. The van der Waals surface area contributed by atoms with Gasteiger partial charge in [0.25, 0.3) is 5.56 Å². The molecule has 0 aliphatic carbocycles. The summed E-state index contributed by atoms with van der Waals surface area (Å²) in [6, 6.07) is 9.94. The molecule has 1 aliphatic rings. The molecule has 0 fully saturated rings. The van der Waals surface area contributed by atoms with Gasteiger partial charge >= 0.3 is 5.37 Å². The van der Waals surface area contributed by atoms with Crippen LogP contribution in [0, 0.1) is 6.92 Å². The zero-order chi connectivity index (χ0) is 21.7. The lowest BCUT2D eigenvalue weighted by molar-refractivity contribution is 0.247. The Kier molecular flexibility index (Phi) is 4.51. The molecule has 156 valence electrons. The Morgan fingerprint density at radius 1 is 1.16 bits per heavy atom. The highest BCUT2D eigenvalue weighted by atomic mass is 35.5. The molecule has 0 saturated carbocycles. The van der Waals surface area contributed by atoms with Gasteiger partial charge in [0.05, 0.1) is 17.7 Å². The standard InChI is InChI=1S/C22H19ClN6O2/c1-14-17(16-8-10-27(11-9-16)21(23)31)29-20(30)18-19(26(2)22(29)25-14)24-13-28(18)12-15-6-4-3-5-7-15/h3-11,13,16H,12H2,1-2H3. The van der Waals surface area contributed by atoms with Crippen molar-refractivity contribution in [3.8, 4) is 0 Å². The van der Waals surface area contributed by atoms with Crippen LogP contribution in [0.1, 0.15) is 22.9 Å². The van der Waals surface area contributed by atoms with Crippen LogP contribution >= 0.6 is 11.6 Å². The predicted octanol–water partition coefficient (Wildman–Crippen LogP) is 3.52. The minimum Gasteiger partial charge on any atom is -0.320 e. The molecule has 4 heterocycles. The van der Waals surface area contributed by atoms with Crippen LogP contribution in [0.15, 0.2) is 66.0 Å². The van der Waals surface area contributed by atoms with Crippen LogP contribution in [-0.4, -0.2) is 33.8 Å². The van der Waals surface area contributed by atoms with E-state index in [-0.39, 0.29) is 11.5 Å². The Morgan fingerprint density at radius 2 is 1.87 bits per heavy atom. The molecule has 0 bridgehead atoms. The Morgan fingerprint density at radius 3 is 2.55 bits per heavy atom. The van der Waals surface area contributed by atoms with E-state index in [1.807, 2.05) is 65.6 Å². The topological polar surface area (TPSA) is 77.4 Å². The number of allylic oxidation sites excluding steroid dienone is 2. The molecule has 0 atom stereocenters. The summed E-state index contributed by atoms with van der Waals surface area (Å²) < 4.78 is 5.34. The van der Waals surface area contributed by atoms with Gasteiger partial charge in [-0.2, -0.15) is 0 Å². The monoisotopic (exact) mass is 434 g/mol. The first-order valence-electron chi connectivity index (χ1n) is 9.77. The van der Waals surface area contributed by atoms with Gasteiger partial charge in [-0.15, -0.1) is 0 Å². The van der Waals surface area contributed by atoms with Crippen LogP contribution in [0.4, 0.5) is 4.79 Å². The van der Waals surface area contributed by atoms with Gasteiger partial charge in [0.2, 0.25) is 5.78 Å². The number of imidazole rings is 2. The Bertz CT molecular complexity index is 1430. The third kappa shape index (κ3) is 3.07. The molecule has 31 heavy (non-hydrogen) atoms. The summed E-state index contributed by atoms with van der Waals surface area (Å²) in [5, 5.41) is -0.594. The zero-order valence-corrected chi connectivity index (χ0v) is 17.7. The molecule has 0 saturated heterocycles. The zero-order valence-electron chi connectivity index (χ0n) is 16.9. The van der Waals surface area contributed by atoms with E-state index in [9.17, 15) is 9.59 Å². The molecule has 0 unspecified atom stereocenters. The maximum Gasteiger partial charge on any atom is 0.324 e. The van der Waals surface area contributed by atoms with Crippen molar-refractivity contribution < 1.29 is 4.79 Å². The number of carbonyl (C=O) groups is 1. The molecular weight excluding hydrogens is 416 g/mol. The van der Waals surface area contributed by atoms with Crippen molar-refractivity contribution in [2.45, 2.75) is 19.4 Å². The van der Waals surface area contributed by atoms with E-state index >= 15 is 0 Å². The first kappa shape index (κ1) is 19.3. The van der Waals surface area contributed by atoms with Crippen molar-refractivity contribution in [2.75, 3.05) is 0 Å². The number of aromatic nitrogens is 5. The minimum absolute atomic E-state index is 0.176. The van der Waals surface area contributed by atoms with Gasteiger partial charge in [-0.3, -0.25) is 19.1 Å². The number of amides is 1. The largest absolute Gasteiger partial charge is 0.324 e. The quantitative estimate of drug-likeness (QED) is 0.365. The number of hydrogen-bond acceptors (Lipinski definition) is 4. The second-order valence-corrected chi connectivity index (χ2v) is 7.80. The van der Waals surface area contributed by atoms with Crippen LogP contribution < -0.4 is 5.56 Å². The van der Waals surface area contributed by atoms with Gasteiger partial charge < -0.3 is 4.57 Å². The normalized spacial score (nSPS) is 14.2. The number of halogens is 1. The van der Waals surface area contributed by atoms with E-state index in [4.69, 9.17) is 11.6 Å². The highest BCUT2D eigenvalue weighted by molar-refractivity contribution is 6.63. The summed E-state index contributed by atoms with van der Waals surface area (Å²) in [6.07, 6.45) is 8.53. The summed E-state index contributed by atoms with van der Waals surface area (Å²) in [4.78, 5) is 35.5. The molecule has 0 spiro atoms. The lowest BCUT2D eigenvalue weighted by Crippen LogP contribution is -2.23. The van der Waals surface area contributed by atoms with Crippen LogP contribution in [-0.2, 0) is 13.6 Å². The van der Waals surface area contributed by atoms with Crippen molar-refractivity contribution >= 4 is 33.9 Å². The smallest absolute Gasteiger partial charge is 0.320 e. The van der Waals surface area contributed by atoms with E-state index in [0.29, 0.717) is 23.5 Å². The first-order valence-corrected chi connectivity index (χ1v) is 10.1. The Hall–Kier alpha value is -3.65. The van der Waals surface area contributed by atoms with Gasteiger partial charge in [0.1, 0.15) is 0 Å². The second-order valence-electron chi connectivity index (χ2n) is 7.48. The van der Waals surface area contributed by atoms with Gasteiger partial charge in [-0.05, 0) is 24.1 Å². The van der Waals surface area contributed by atoms with Gasteiger partial charge in [-0.25, -0.2) is 14.4 Å². The fraction of sp³-hybridized carbons (Fsp3) is 0.182. The third-order valence-corrected chi connectivity index (χ3v) is 5.74. The van der Waals surface area contributed by atoms with Gasteiger partial charge in [0, 0.05) is 31.9 Å². The van der Waals surface area contributed by atoms with E-state index in [1.165, 1.54) is 4.90 Å². The highest BCUT2D eigenvalue weighted by Gasteiger charge is 2.24. The average Bonchev–Trinajstić information content (AvgIpc) is 3.34. The van der Waals surface area contributed by atoms with Crippen LogP contribution in [0.25, 0.3) is 16.9 Å². The average molecular weight is 435 g/mol. The number of rotatable bonds is 3. The molecule has 3 aromatic heterocycles. The fourth-order valence-electron chi connectivity index (χ4n) is 4.06. The molecular formula is C22H19ClN6O2. The minimum atomic E-state index is -0.594. The highest BCUT2D eigenvalue weighted by Crippen LogP contribution is 2.27. The van der Waals surface area contributed by atoms with Crippen LogP contribution in [0.5, 0.6) is 0 Å². The van der Waals surface area contributed by atoms with Crippen molar-refractivity contribution in [1.29, 1.82) is 0 Å². The molecule has 5 rings (SSSR count). The predicted molar refractivity (Wildman–Crippen MR) is 118 cm³/mol. The lowest BCUT2D eigenvalue weighted by Gasteiger charge is -2.18. The summed E-state index contributed by atoms with van der Waals surface area (Å²) in [6.45, 7) is 2.41. The van der Waals surface area contributed by atoms with Crippen LogP contribution in [0.3, 0.4) is 0 Å². The number of benzene rings is 1. The molecule has 1 aromatic carbocycles. The van der Waals surface area contributed by atoms with Crippen molar-refractivity contribution in [3.63, 3.8) is 0 Å². The molecule has 1 aliphatic heterocycles. The van der Waals surface area contributed by atoms with Crippen molar-refractivity contribution in [2.24, 2.45) is 7.05 Å². The maximum atomic E-state index is 13.7. The van der Waals surface area contributed by atoms with Gasteiger partial charge in [-0.1, -0.05) is 42.5 Å². The number of fused-ring (bicyclic) bond motifs is 2. The van der Waals surface area contributed by atoms with Gasteiger partial charge in [0.15, 0.2) is 11.2 Å². The van der Waals surface area contributed by atoms with Crippen molar-refractivity contribution in [1.82, 2.24) is 28.4 Å².